The number of piperazine rings is 1. The molecular weight excluding hydrogens is 352 g/mol. The lowest BCUT2D eigenvalue weighted by Gasteiger charge is -2.34. The van der Waals surface area contributed by atoms with Crippen LogP contribution in [0.2, 0.25) is 0 Å². The van der Waals surface area contributed by atoms with Gasteiger partial charge in [0.2, 0.25) is 10.0 Å². The van der Waals surface area contributed by atoms with Crippen LogP contribution in [0.15, 0.2) is 65.6 Å². The Hall–Kier alpha value is -1.93. The first kappa shape index (κ1) is 18.8. The Kier molecular flexibility index (Phi) is 6.26. The molecule has 2 aromatic rings. The van der Waals surface area contributed by atoms with Crippen LogP contribution in [0, 0.1) is 0 Å². The summed E-state index contributed by atoms with van der Waals surface area (Å²) in [5.41, 5.74) is 0. The molecule has 0 aromatic heterocycles. The molecular formula is C19H24N2O4S. The van der Waals surface area contributed by atoms with Crippen molar-refractivity contribution in [2.75, 3.05) is 39.3 Å². The highest BCUT2D eigenvalue weighted by atomic mass is 32.2. The van der Waals surface area contributed by atoms with Crippen molar-refractivity contribution in [3.63, 3.8) is 0 Å². The third-order valence-electron chi connectivity index (χ3n) is 4.37. The van der Waals surface area contributed by atoms with Gasteiger partial charge in [-0.05, 0) is 24.3 Å². The normalized spacial score (nSPS) is 17.7. The topological polar surface area (TPSA) is 70.1 Å². The molecule has 1 saturated heterocycles. The Morgan fingerprint density at radius 3 is 2.12 bits per heavy atom. The third kappa shape index (κ3) is 4.82. The van der Waals surface area contributed by atoms with Gasteiger partial charge in [-0.1, -0.05) is 36.4 Å². The number of hydrogen-bond donors (Lipinski definition) is 1. The second-order valence-corrected chi connectivity index (χ2v) is 8.23. The lowest BCUT2D eigenvalue weighted by atomic mass is 10.3. The summed E-state index contributed by atoms with van der Waals surface area (Å²) in [5.74, 6) is 0.727. The highest BCUT2D eigenvalue weighted by molar-refractivity contribution is 7.89. The van der Waals surface area contributed by atoms with Crippen molar-refractivity contribution in [2.45, 2.75) is 11.0 Å². The molecule has 140 valence electrons. The molecule has 0 radical (unpaired) electrons. The number of aliphatic hydroxyl groups excluding tert-OH is 1. The van der Waals surface area contributed by atoms with Crippen LogP contribution < -0.4 is 4.74 Å². The maximum Gasteiger partial charge on any atom is 0.243 e. The maximum absolute atomic E-state index is 12.6. The molecule has 1 fully saturated rings. The summed E-state index contributed by atoms with van der Waals surface area (Å²) in [5, 5.41) is 10.2. The molecule has 6 nitrogen and oxygen atoms in total. The molecule has 0 aliphatic carbocycles. The molecule has 26 heavy (non-hydrogen) atoms. The van der Waals surface area contributed by atoms with Crippen LogP contribution in [-0.2, 0) is 10.0 Å². The standard InChI is InChI=1S/C19H24N2O4S/c22-17(16-25-18-7-3-1-4-8-18)15-20-11-13-21(14-12-20)26(23,24)19-9-5-2-6-10-19/h1-10,17,22H,11-16H2/t17-/m0/s1. The van der Waals surface area contributed by atoms with Crippen molar-refractivity contribution in [1.82, 2.24) is 9.21 Å². The zero-order valence-corrected chi connectivity index (χ0v) is 15.4. The first-order valence-corrected chi connectivity index (χ1v) is 10.1. The highest BCUT2D eigenvalue weighted by Crippen LogP contribution is 2.17. The maximum atomic E-state index is 12.6. The molecule has 1 heterocycles. The van der Waals surface area contributed by atoms with Gasteiger partial charge in [0.15, 0.2) is 0 Å². The average Bonchev–Trinajstić information content (AvgIpc) is 2.68. The number of sulfonamides is 1. The van der Waals surface area contributed by atoms with Crippen LogP contribution in [0.4, 0.5) is 0 Å². The Labute approximate surface area is 154 Å². The van der Waals surface area contributed by atoms with Crippen LogP contribution in [0.3, 0.4) is 0 Å². The monoisotopic (exact) mass is 376 g/mol. The number of hydrogen-bond acceptors (Lipinski definition) is 5. The van der Waals surface area contributed by atoms with Crippen LogP contribution >= 0.6 is 0 Å². The SMILES string of the molecule is O=S(=O)(c1ccccc1)N1CCN(C[C@H](O)COc2ccccc2)CC1. The van der Waals surface area contributed by atoms with E-state index >= 15 is 0 Å². The zero-order chi connectivity index (χ0) is 18.4. The van der Waals surface area contributed by atoms with E-state index in [0.717, 1.165) is 5.75 Å². The summed E-state index contributed by atoms with van der Waals surface area (Å²) in [6.45, 7) is 2.70. The minimum atomic E-state index is -3.44. The number of rotatable bonds is 7. The molecule has 0 spiro atoms. The van der Waals surface area contributed by atoms with Gasteiger partial charge >= 0.3 is 0 Å². The van der Waals surface area contributed by atoms with Crippen molar-refractivity contribution in [2.24, 2.45) is 0 Å². The molecule has 1 atom stereocenters. The van der Waals surface area contributed by atoms with E-state index in [1.807, 2.05) is 30.3 Å². The molecule has 3 rings (SSSR count). The summed E-state index contributed by atoms with van der Waals surface area (Å²) < 4.78 is 32.3. The Bertz CT molecular complexity index is 776. The quantitative estimate of drug-likeness (QED) is 0.792. The number of aliphatic hydroxyl groups is 1. The van der Waals surface area contributed by atoms with Crippen molar-refractivity contribution < 1.29 is 18.3 Å². The molecule has 0 amide bonds. The number of benzene rings is 2. The van der Waals surface area contributed by atoms with Gasteiger partial charge in [0.1, 0.15) is 18.5 Å². The van der Waals surface area contributed by atoms with E-state index in [1.54, 1.807) is 30.3 Å². The van der Waals surface area contributed by atoms with Crippen LogP contribution in [-0.4, -0.2) is 68.2 Å². The fraction of sp³-hybridized carbons (Fsp3) is 0.368. The van der Waals surface area contributed by atoms with Crippen molar-refractivity contribution in [1.29, 1.82) is 0 Å². The third-order valence-corrected chi connectivity index (χ3v) is 6.28. The summed E-state index contributed by atoms with van der Waals surface area (Å²) in [4.78, 5) is 2.39. The molecule has 7 heteroatoms. The summed E-state index contributed by atoms with van der Waals surface area (Å²) in [6.07, 6.45) is -0.618. The minimum Gasteiger partial charge on any atom is -0.491 e. The molecule has 1 N–H and O–H groups in total. The number of nitrogens with zero attached hydrogens (tertiary/aromatic N) is 2. The Balaban J connectivity index is 1.46. The van der Waals surface area contributed by atoms with Crippen molar-refractivity contribution in [3.8, 4) is 5.75 Å². The Morgan fingerprint density at radius 1 is 0.923 bits per heavy atom. The van der Waals surface area contributed by atoms with Crippen LogP contribution in [0.25, 0.3) is 0 Å². The van der Waals surface area contributed by atoms with Gasteiger partial charge in [0.05, 0.1) is 4.90 Å². The van der Waals surface area contributed by atoms with Gasteiger partial charge < -0.3 is 9.84 Å². The van der Waals surface area contributed by atoms with Crippen molar-refractivity contribution in [3.05, 3.63) is 60.7 Å². The van der Waals surface area contributed by atoms with Gasteiger partial charge in [-0.3, -0.25) is 4.90 Å². The summed E-state index contributed by atoms with van der Waals surface area (Å²) >= 11 is 0. The van der Waals surface area contributed by atoms with E-state index in [-0.39, 0.29) is 6.61 Å². The highest BCUT2D eigenvalue weighted by Gasteiger charge is 2.28. The van der Waals surface area contributed by atoms with Crippen LogP contribution in [0.1, 0.15) is 0 Å². The molecule has 1 aliphatic heterocycles. The molecule has 0 bridgehead atoms. The number of β-amino-alcohol motifs (C(OH)–C–C–N with tert-alkyl or cyclic N) is 1. The number of ether oxygens (including phenoxy) is 1. The second-order valence-electron chi connectivity index (χ2n) is 6.30. The van der Waals surface area contributed by atoms with E-state index in [4.69, 9.17) is 4.74 Å². The first-order valence-electron chi connectivity index (χ1n) is 8.69. The van der Waals surface area contributed by atoms with Gasteiger partial charge in [0, 0.05) is 32.7 Å². The van der Waals surface area contributed by atoms with E-state index < -0.39 is 16.1 Å². The minimum absolute atomic E-state index is 0.215. The molecule has 2 aromatic carbocycles. The van der Waals surface area contributed by atoms with E-state index in [0.29, 0.717) is 37.6 Å². The fourth-order valence-corrected chi connectivity index (χ4v) is 4.40. The summed E-state index contributed by atoms with van der Waals surface area (Å²) in [7, 11) is -3.44. The smallest absolute Gasteiger partial charge is 0.243 e. The Morgan fingerprint density at radius 2 is 1.50 bits per heavy atom. The van der Waals surface area contributed by atoms with Crippen molar-refractivity contribution >= 4 is 10.0 Å². The fourth-order valence-electron chi connectivity index (χ4n) is 2.95. The molecule has 1 aliphatic rings. The first-order chi connectivity index (χ1) is 12.6. The zero-order valence-electron chi connectivity index (χ0n) is 14.6. The van der Waals surface area contributed by atoms with Gasteiger partial charge in [-0.25, -0.2) is 8.42 Å². The van der Waals surface area contributed by atoms with E-state index in [2.05, 4.69) is 4.90 Å². The number of para-hydroxylation sites is 1. The lowest BCUT2D eigenvalue weighted by Crippen LogP contribution is -2.50. The van der Waals surface area contributed by atoms with Gasteiger partial charge in [0.25, 0.3) is 0 Å². The van der Waals surface area contributed by atoms with Crippen LogP contribution in [0.5, 0.6) is 5.75 Å². The molecule has 0 unspecified atom stereocenters. The predicted octanol–water partition coefficient (Wildman–Crippen LogP) is 1.43. The largest absolute Gasteiger partial charge is 0.491 e. The lowest BCUT2D eigenvalue weighted by molar-refractivity contribution is 0.0569. The average molecular weight is 376 g/mol. The predicted molar refractivity (Wildman–Crippen MR) is 99.6 cm³/mol. The van der Waals surface area contributed by atoms with E-state index in [9.17, 15) is 13.5 Å². The summed E-state index contributed by atoms with van der Waals surface area (Å²) in [6, 6.07) is 17.9. The van der Waals surface area contributed by atoms with E-state index in [1.165, 1.54) is 4.31 Å². The molecule has 0 saturated carbocycles. The van der Waals surface area contributed by atoms with Gasteiger partial charge in [-0.2, -0.15) is 4.31 Å². The second kappa shape index (κ2) is 8.64. The van der Waals surface area contributed by atoms with Gasteiger partial charge in [-0.15, -0.1) is 0 Å².